The van der Waals surface area contributed by atoms with Crippen molar-refractivity contribution in [2.45, 2.75) is 63.5 Å². The predicted octanol–water partition coefficient (Wildman–Crippen LogP) is 3.10. The second-order valence-corrected chi connectivity index (χ2v) is 11.6. The maximum Gasteiger partial charge on any atom is 0.471 e. The van der Waals surface area contributed by atoms with Crippen LogP contribution in [0.4, 0.5) is 23.2 Å². The molecule has 9 nitrogen and oxygen atoms in total. The van der Waals surface area contributed by atoms with E-state index < -0.39 is 58.8 Å². The van der Waals surface area contributed by atoms with Gasteiger partial charge in [0.2, 0.25) is 17.7 Å². The molecule has 224 valence electrons. The fraction of sp³-hybridized carbons (Fsp3) is 0.414. The Kier molecular flexibility index (Phi) is 8.16. The Labute approximate surface area is 239 Å². The summed E-state index contributed by atoms with van der Waals surface area (Å²) in [6.45, 7) is 7.83. The number of hydrogen-bond donors (Lipinski definition) is 3. The zero-order valence-electron chi connectivity index (χ0n) is 23.2. The standard InChI is InChI=1S/C29H31F4N5O4/c1-27(2,3)22(37-26(42)29(31,32)33)23(39)35-20(13-16-8-7-9-17(30)12-16)24(40)38-15-28(14-21(38)34-4)18-10-5-6-11-19(18)36-25(28)41/h5-12,20-22H,4,13-15H2,1-3H3,(H,35,39)(H,36,41)(H,37,42)/t20?,21-,22+,28-/m0/s1. The van der Waals surface area contributed by atoms with E-state index in [2.05, 4.69) is 22.3 Å². The zero-order chi connectivity index (χ0) is 31.0. The number of amides is 4. The van der Waals surface area contributed by atoms with E-state index in [0.29, 0.717) is 16.8 Å². The van der Waals surface area contributed by atoms with Gasteiger partial charge in [-0.15, -0.1) is 0 Å². The van der Waals surface area contributed by atoms with E-state index in [1.165, 1.54) is 43.9 Å². The summed E-state index contributed by atoms with van der Waals surface area (Å²) in [6, 6.07) is 9.22. The molecule has 1 unspecified atom stereocenters. The zero-order valence-corrected chi connectivity index (χ0v) is 23.2. The Balaban J connectivity index is 1.67. The lowest BCUT2D eigenvalue weighted by Gasteiger charge is -2.33. The van der Waals surface area contributed by atoms with Gasteiger partial charge in [-0.3, -0.25) is 24.2 Å². The van der Waals surface area contributed by atoms with Crippen LogP contribution in [0.25, 0.3) is 0 Å². The monoisotopic (exact) mass is 589 g/mol. The van der Waals surface area contributed by atoms with Gasteiger partial charge in [-0.1, -0.05) is 51.1 Å². The molecule has 0 radical (unpaired) electrons. The average molecular weight is 590 g/mol. The summed E-state index contributed by atoms with van der Waals surface area (Å²) in [7, 11) is 0. The van der Waals surface area contributed by atoms with Gasteiger partial charge in [0.1, 0.15) is 24.1 Å². The Hall–Kier alpha value is -4.29. The molecule has 2 aliphatic rings. The van der Waals surface area contributed by atoms with E-state index in [1.54, 1.807) is 29.6 Å². The van der Waals surface area contributed by atoms with Crippen molar-refractivity contribution in [2.24, 2.45) is 10.4 Å². The molecule has 1 spiro atoms. The number of fused-ring (bicyclic) bond motifs is 2. The molecule has 42 heavy (non-hydrogen) atoms. The van der Waals surface area contributed by atoms with Crippen LogP contribution in [0.5, 0.6) is 0 Å². The first-order valence-corrected chi connectivity index (χ1v) is 13.2. The highest BCUT2D eigenvalue weighted by molar-refractivity contribution is 6.07. The largest absolute Gasteiger partial charge is 0.471 e. The number of aliphatic imine (C=N–C) groups is 1. The highest BCUT2D eigenvalue weighted by atomic mass is 19.4. The summed E-state index contributed by atoms with van der Waals surface area (Å²) >= 11 is 0. The Bertz CT molecular complexity index is 1420. The Morgan fingerprint density at radius 3 is 2.43 bits per heavy atom. The number of hydrogen-bond acceptors (Lipinski definition) is 5. The third-order valence-electron chi connectivity index (χ3n) is 7.55. The third-order valence-corrected chi connectivity index (χ3v) is 7.55. The van der Waals surface area contributed by atoms with Crippen LogP contribution in [0.1, 0.15) is 38.3 Å². The normalized spacial score (nSPS) is 21.4. The molecular weight excluding hydrogens is 558 g/mol. The van der Waals surface area contributed by atoms with Crippen molar-refractivity contribution >= 4 is 36.0 Å². The Morgan fingerprint density at radius 2 is 1.81 bits per heavy atom. The van der Waals surface area contributed by atoms with E-state index in [-0.39, 0.29) is 25.3 Å². The minimum atomic E-state index is -5.24. The molecule has 1 fully saturated rings. The van der Waals surface area contributed by atoms with Crippen LogP contribution in [0.3, 0.4) is 0 Å². The van der Waals surface area contributed by atoms with E-state index in [1.807, 2.05) is 0 Å². The minimum Gasteiger partial charge on any atom is -0.342 e. The number of benzene rings is 2. The second-order valence-electron chi connectivity index (χ2n) is 11.6. The van der Waals surface area contributed by atoms with Crippen LogP contribution < -0.4 is 16.0 Å². The first-order chi connectivity index (χ1) is 19.6. The first kappa shape index (κ1) is 30.7. The lowest BCUT2D eigenvalue weighted by atomic mass is 9.80. The fourth-order valence-electron chi connectivity index (χ4n) is 5.45. The van der Waals surface area contributed by atoms with Gasteiger partial charge in [-0.05, 0) is 41.5 Å². The highest BCUT2D eigenvalue weighted by Crippen LogP contribution is 2.46. The van der Waals surface area contributed by atoms with Gasteiger partial charge in [0.05, 0.1) is 5.41 Å². The molecule has 2 heterocycles. The number of anilines is 1. The number of likely N-dealkylation sites (tertiary alicyclic amines) is 1. The van der Waals surface area contributed by atoms with Crippen LogP contribution in [0.2, 0.25) is 0 Å². The van der Waals surface area contributed by atoms with Crippen LogP contribution in [-0.4, -0.2) is 66.2 Å². The second kappa shape index (κ2) is 11.2. The van der Waals surface area contributed by atoms with Gasteiger partial charge in [-0.25, -0.2) is 4.39 Å². The SMILES string of the molecule is C=N[C@@H]1C[C@@]2(CN1C(=O)C(Cc1cccc(F)c1)NC(=O)[C@@H](NC(=O)C(F)(F)F)C(C)(C)C)C(=O)Nc1ccccc12. The maximum absolute atomic E-state index is 14.1. The molecule has 0 saturated carbocycles. The summed E-state index contributed by atoms with van der Waals surface area (Å²) in [6.07, 6.45) is -6.24. The molecule has 4 atom stereocenters. The van der Waals surface area contributed by atoms with Crippen molar-refractivity contribution in [1.29, 1.82) is 0 Å². The molecule has 4 rings (SSSR count). The van der Waals surface area contributed by atoms with Gasteiger partial charge in [0, 0.05) is 25.1 Å². The lowest BCUT2D eigenvalue weighted by molar-refractivity contribution is -0.175. The number of halogens is 4. The van der Waals surface area contributed by atoms with Crippen LogP contribution in [-0.2, 0) is 31.0 Å². The number of carbonyl (C=O) groups excluding carboxylic acids is 4. The van der Waals surface area contributed by atoms with Gasteiger partial charge < -0.3 is 20.9 Å². The summed E-state index contributed by atoms with van der Waals surface area (Å²) in [5, 5.41) is 7.02. The summed E-state index contributed by atoms with van der Waals surface area (Å²) in [5.41, 5.74) is -0.738. The van der Waals surface area contributed by atoms with Crippen molar-refractivity contribution in [3.8, 4) is 0 Å². The number of alkyl halides is 3. The van der Waals surface area contributed by atoms with E-state index in [4.69, 9.17) is 0 Å². The molecule has 0 aliphatic carbocycles. The summed E-state index contributed by atoms with van der Waals surface area (Å²) < 4.78 is 53.2. The lowest BCUT2D eigenvalue weighted by Crippen LogP contribution is -2.60. The number of rotatable bonds is 7. The number of carbonyl (C=O) groups is 4. The van der Waals surface area contributed by atoms with Gasteiger partial charge in [-0.2, -0.15) is 13.2 Å². The molecule has 4 amide bonds. The van der Waals surface area contributed by atoms with Crippen molar-refractivity contribution in [2.75, 3.05) is 11.9 Å². The topological polar surface area (TPSA) is 120 Å². The summed E-state index contributed by atoms with van der Waals surface area (Å²) in [4.78, 5) is 57.8. The molecule has 2 aromatic carbocycles. The maximum atomic E-state index is 14.1. The first-order valence-electron chi connectivity index (χ1n) is 13.2. The van der Waals surface area contributed by atoms with Crippen molar-refractivity contribution in [1.82, 2.24) is 15.5 Å². The smallest absolute Gasteiger partial charge is 0.342 e. The minimum absolute atomic E-state index is 0.109. The van der Waals surface area contributed by atoms with E-state index >= 15 is 0 Å². The van der Waals surface area contributed by atoms with Gasteiger partial charge in [0.25, 0.3) is 0 Å². The predicted molar refractivity (Wildman–Crippen MR) is 146 cm³/mol. The Morgan fingerprint density at radius 1 is 1.12 bits per heavy atom. The average Bonchev–Trinajstić information content (AvgIpc) is 3.43. The van der Waals surface area contributed by atoms with Crippen LogP contribution in [0.15, 0.2) is 53.5 Å². The molecule has 13 heteroatoms. The van der Waals surface area contributed by atoms with Crippen molar-refractivity contribution in [3.05, 3.63) is 65.5 Å². The third kappa shape index (κ3) is 6.00. The van der Waals surface area contributed by atoms with Crippen LogP contribution in [0, 0.1) is 11.2 Å². The number of nitrogens with zero attached hydrogens (tertiary/aromatic N) is 2. The van der Waals surface area contributed by atoms with Crippen molar-refractivity contribution in [3.63, 3.8) is 0 Å². The van der Waals surface area contributed by atoms with Crippen molar-refractivity contribution < 1.29 is 36.7 Å². The quantitative estimate of drug-likeness (QED) is 0.340. The van der Waals surface area contributed by atoms with E-state index in [0.717, 1.165) is 6.07 Å². The molecule has 2 aliphatic heterocycles. The summed E-state index contributed by atoms with van der Waals surface area (Å²) in [5.74, 6) is -4.99. The molecule has 0 aromatic heterocycles. The fourth-order valence-corrected chi connectivity index (χ4v) is 5.45. The number of para-hydroxylation sites is 1. The molecular formula is C29H31F4N5O4. The van der Waals surface area contributed by atoms with E-state index in [9.17, 15) is 36.7 Å². The van der Waals surface area contributed by atoms with Crippen LogP contribution >= 0.6 is 0 Å². The highest BCUT2D eigenvalue weighted by Gasteiger charge is 2.56. The number of nitrogens with one attached hydrogen (secondary N) is 3. The van der Waals surface area contributed by atoms with Gasteiger partial charge in [0.15, 0.2) is 0 Å². The molecule has 1 saturated heterocycles. The molecule has 2 aromatic rings. The molecule has 3 N–H and O–H groups in total. The molecule has 0 bridgehead atoms. The van der Waals surface area contributed by atoms with Gasteiger partial charge >= 0.3 is 12.1 Å².